The van der Waals surface area contributed by atoms with Crippen molar-refractivity contribution in [2.75, 3.05) is 13.1 Å². The van der Waals surface area contributed by atoms with Crippen molar-refractivity contribution in [3.8, 4) is 0 Å². The lowest BCUT2D eigenvalue weighted by Gasteiger charge is -2.46. The van der Waals surface area contributed by atoms with E-state index in [1.165, 1.54) is 0 Å². The summed E-state index contributed by atoms with van der Waals surface area (Å²) >= 11 is 0. The van der Waals surface area contributed by atoms with Crippen molar-refractivity contribution in [1.29, 1.82) is 0 Å². The molecular weight excluding hydrogens is 386 g/mol. The number of aryl methyl sites for hydroxylation is 1. The second kappa shape index (κ2) is 8.67. The van der Waals surface area contributed by atoms with Crippen LogP contribution in [0, 0.1) is 6.92 Å². The van der Waals surface area contributed by atoms with Gasteiger partial charge in [-0.05, 0) is 37.0 Å². The van der Waals surface area contributed by atoms with Gasteiger partial charge in [0.05, 0.1) is 13.1 Å². The van der Waals surface area contributed by atoms with Crippen LogP contribution in [0.25, 0.3) is 0 Å². The number of aliphatic carboxylic acids is 1. The average Bonchev–Trinajstić information content (AvgIpc) is 2.73. The molecule has 0 spiro atoms. The molecule has 3 atom stereocenters. The third-order valence-corrected chi connectivity index (χ3v) is 8.62. The lowest BCUT2D eigenvalue weighted by molar-refractivity contribution is -0.831. The summed E-state index contributed by atoms with van der Waals surface area (Å²) in [5.41, 5.74) is 2.06. The third-order valence-electron chi connectivity index (χ3n) is 6.18. The Hall–Kier alpha value is -2.18. The van der Waals surface area contributed by atoms with E-state index in [2.05, 4.69) is 0 Å². The molecule has 0 bridgehead atoms. The molecular formula is C23H30NO4S+. The minimum absolute atomic E-state index is 0.0541. The first-order valence-corrected chi connectivity index (χ1v) is 11.7. The molecule has 3 rings (SSSR count). The maximum atomic E-state index is 13.8. The number of unbranched alkanes of at least 4 members (excludes halogenated alkanes) is 1. The van der Waals surface area contributed by atoms with E-state index in [4.69, 9.17) is 0 Å². The van der Waals surface area contributed by atoms with Gasteiger partial charge in [0.25, 0.3) is 0 Å². The summed E-state index contributed by atoms with van der Waals surface area (Å²) in [4.78, 5) is 12.6. The molecule has 6 heteroatoms. The van der Waals surface area contributed by atoms with Crippen molar-refractivity contribution in [2.24, 2.45) is 0 Å². The number of nitrogens with zero attached hydrogens (tertiary/aromatic N) is 1. The molecule has 1 heterocycles. The maximum Gasteiger partial charge on any atom is 0.363 e. The largest absolute Gasteiger partial charge is 0.477 e. The Balaban J connectivity index is 2.05. The zero-order valence-electron chi connectivity index (χ0n) is 17.1. The van der Waals surface area contributed by atoms with Crippen LogP contribution >= 0.6 is 0 Å². The number of hydrogen-bond donors (Lipinski definition) is 1. The van der Waals surface area contributed by atoms with E-state index in [1.807, 2.05) is 44.2 Å². The Labute approximate surface area is 173 Å². The van der Waals surface area contributed by atoms with Gasteiger partial charge in [-0.3, -0.25) is 0 Å². The Bertz CT molecular complexity index is 941. The Morgan fingerprint density at radius 2 is 1.76 bits per heavy atom. The van der Waals surface area contributed by atoms with Crippen LogP contribution in [0.2, 0.25) is 0 Å². The summed E-state index contributed by atoms with van der Waals surface area (Å²) in [5.74, 6) is -0.976. The van der Waals surface area contributed by atoms with Crippen molar-refractivity contribution in [3.05, 3.63) is 65.7 Å². The van der Waals surface area contributed by atoms with Gasteiger partial charge in [0, 0.05) is 12.8 Å². The lowest BCUT2D eigenvalue weighted by Crippen LogP contribution is -2.65. The molecule has 1 fully saturated rings. The van der Waals surface area contributed by atoms with Gasteiger partial charge >= 0.3 is 16.0 Å². The number of sulfonamides is 1. The van der Waals surface area contributed by atoms with Crippen LogP contribution in [0.4, 0.5) is 0 Å². The fourth-order valence-corrected chi connectivity index (χ4v) is 6.59. The molecule has 2 aromatic carbocycles. The average molecular weight is 417 g/mol. The molecule has 0 saturated carbocycles. The third kappa shape index (κ3) is 4.09. The number of carboxylic acids is 1. The van der Waals surface area contributed by atoms with E-state index >= 15 is 0 Å². The number of hydrogen-bond acceptors (Lipinski definition) is 3. The predicted octanol–water partition coefficient (Wildman–Crippen LogP) is 4.33. The van der Waals surface area contributed by atoms with Gasteiger partial charge in [0.15, 0.2) is 0 Å². The smallest absolute Gasteiger partial charge is 0.363 e. The summed E-state index contributed by atoms with van der Waals surface area (Å²) in [6, 6.07) is 15.6. The topological polar surface area (TPSA) is 71.4 Å². The molecule has 0 aliphatic carbocycles. The molecule has 1 N–H and O–H groups in total. The van der Waals surface area contributed by atoms with Gasteiger partial charge in [-0.15, -0.1) is 0 Å². The monoisotopic (exact) mass is 416 g/mol. The number of benzene rings is 2. The lowest BCUT2D eigenvalue weighted by atomic mass is 9.85. The van der Waals surface area contributed by atoms with E-state index in [-0.39, 0.29) is 14.7 Å². The fourth-order valence-electron chi connectivity index (χ4n) is 4.46. The van der Waals surface area contributed by atoms with Gasteiger partial charge in [-0.25, -0.2) is 8.68 Å². The molecule has 0 radical (unpaired) electrons. The number of carboxylic acid groups (broad SMARTS) is 1. The van der Waals surface area contributed by atoms with Crippen LogP contribution in [-0.2, 0) is 14.8 Å². The molecule has 1 aliphatic heterocycles. The SMILES string of the molecule is CCCC[N+]1(S(=O)(=O)c2ccc(C)cc2)CCC(c2ccccc2)CC1C(=O)O. The minimum Gasteiger partial charge on any atom is -0.477 e. The molecule has 1 aliphatic rings. The molecule has 29 heavy (non-hydrogen) atoms. The Morgan fingerprint density at radius 3 is 2.34 bits per heavy atom. The Kier molecular flexibility index (Phi) is 6.44. The van der Waals surface area contributed by atoms with Crippen LogP contribution in [0.5, 0.6) is 0 Å². The van der Waals surface area contributed by atoms with Crippen molar-refractivity contribution in [2.45, 2.75) is 56.4 Å². The van der Waals surface area contributed by atoms with Crippen LogP contribution in [0.15, 0.2) is 59.5 Å². The quantitative estimate of drug-likeness (QED) is 0.682. The highest BCUT2D eigenvalue weighted by Crippen LogP contribution is 2.41. The van der Waals surface area contributed by atoms with Gasteiger partial charge in [0.2, 0.25) is 6.04 Å². The highest BCUT2D eigenvalue weighted by Gasteiger charge is 2.55. The van der Waals surface area contributed by atoms with Gasteiger partial charge in [-0.2, -0.15) is 8.42 Å². The molecule has 1 saturated heterocycles. The molecule has 3 unspecified atom stereocenters. The van der Waals surface area contributed by atoms with E-state index < -0.39 is 22.0 Å². The van der Waals surface area contributed by atoms with Crippen molar-refractivity contribution in [3.63, 3.8) is 0 Å². The molecule has 2 aromatic rings. The van der Waals surface area contributed by atoms with E-state index in [0.29, 0.717) is 32.4 Å². The summed E-state index contributed by atoms with van der Waals surface area (Å²) in [5, 5.41) is 10.1. The summed E-state index contributed by atoms with van der Waals surface area (Å²) in [7, 11) is -3.86. The van der Waals surface area contributed by atoms with E-state index in [9.17, 15) is 18.3 Å². The van der Waals surface area contributed by atoms with Crippen LogP contribution in [-0.4, -0.2) is 42.5 Å². The highest BCUT2D eigenvalue weighted by atomic mass is 32.2. The maximum absolute atomic E-state index is 13.8. The van der Waals surface area contributed by atoms with Crippen molar-refractivity contribution < 1.29 is 22.2 Å². The van der Waals surface area contributed by atoms with Crippen molar-refractivity contribution in [1.82, 2.24) is 0 Å². The minimum atomic E-state index is -3.86. The molecule has 0 aromatic heterocycles. The fraction of sp³-hybridized carbons (Fsp3) is 0.435. The number of likely N-dealkylation sites (tertiary alicyclic amines) is 1. The molecule has 0 amide bonds. The number of rotatable bonds is 7. The summed E-state index contributed by atoms with van der Waals surface area (Å²) in [6.07, 6.45) is 2.47. The normalized spacial score (nSPS) is 24.9. The summed E-state index contributed by atoms with van der Waals surface area (Å²) < 4.78 is 27.2. The van der Waals surface area contributed by atoms with Gasteiger partial charge < -0.3 is 5.11 Å². The second-order valence-electron chi connectivity index (χ2n) is 8.03. The Morgan fingerprint density at radius 1 is 1.10 bits per heavy atom. The number of quaternary nitrogens is 1. The number of carbonyl (C=O) groups is 1. The summed E-state index contributed by atoms with van der Waals surface area (Å²) in [6.45, 7) is 4.54. The van der Waals surface area contributed by atoms with Crippen LogP contribution in [0.1, 0.15) is 49.7 Å². The zero-order chi connectivity index (χ0) is 21.1. The van der Waals surface area contributed by atoms with E-state index in [1.54, 1.807) is 24.3 Å². The van der Waals surface area contributed by atoms with Crippen LogP contribution in [0.3, 0.4) is 0 Å². The predicted molar refractivity (Wildman–Crippen MR) is 113 cm³/mol. The molecule has 156 valence electrons. The number of piperidine rings is 1. The van der Waals surface area contributed by atoms with E-state index in [0.717, 1.165) is 17.5 Å². The second-order valence-corrected chi connectivity index (χ2v) is 10.2. The van der Waals surface area contributed by atoms with Gasteiger partial charge in [0.1, 0.15) is 4.90 Å². The first kappa shape index (κ1) is 21.5. The first-order valence-electron chi connectivity index (χ1n) is 10.3. The molecule has 5 nitrogen and oxygen atoms in total. The zero-order valence-corrected chi connectivity index (χ0v) is 17.9. The van der Waals surface area contributed by atoms with Gasteiger partial charge in [-0.1, -0.05) is 61.4 Å². The highest BCUT2D eigenvalue weighted by molar-refractivity contribution is 7.86. The van der Waals surface area contributed by atoms with Crippen molar-refractivity contribution >= 4 is 16.0 Å². The standard InChI is InChI=1S/C23H29NO4S/c1-3-4-15-24(29(27,28)21-12-10-18(2)11-13-21)16-14-20(17-22(24)23(25)26)19-8-6-5-7-9-19/h5-13,20,22H,3-4,14-17H2,1-2H3/p+1. The first-order chi connectivity index (χ1) is 13.8. The van der Waals surface area contributed by atoms with Crippen LogP contribution < -0.4 is 0 Å².